The number of hydrogen-bond donors (Lipinski definition) is 2. The number of amides is 2. The molecule has 0 bridgehead atoms. The van der Waals surface area contributed by atoms with E-state index in [9.17, 15) is 9.59 Å². The summed E-state index contributed by atoms with van der Waals surface area (Å²) >= 11 is 5.91. The maximum Gasteiger partial charge on any atom is 0.274 e. The Hall–Kier alpha value is -3.18. The van der Waals surface area contributed by atoms with E-state index in [0.717, 1.165) is 5.56 Å². The average Bonchev–Trinajstić information content (AvgIpc) is 2.64. The first-order valence-electron chi connectivity index (χ1n) is 7.92. The van der Waals surface area contributed by atoms with Crippen LogP contribution in [0.5, 0.6) is 0 Å². The molecule has 0 atom stereocenters. The highest BCUT2D eigenvalue weighted by atomic mass is 35.5. The van der Waals surface area contributed by atoms with Gasteiger partial charge < -0.3 is 10.6 Å². The van der Waals surface area contributed by atoms with E-state index >= 15 is 0 Å². The van der Waals surface area contributed by atoms with Crippen molar-refractivity contribution in [3.8, 4) is 0 Å². The lowest BCUT2D eigenvalue weighted by molar-refractivity contribution is 0.102. The summed E-state index contributed by atoms with van der Waals surface area (Å²) < 4.78 is 0. The minimum Gasteiger partial charge on any atom is -0.322 e. The summed E-state index contributed by atoms with van der Waals surface area (Å²) in [5.74, 6) is -0.731. The predicted octanol–water partition coefficient (Wildman–Crippen LogP) is 4.55. The second kappa shape index (κ2) is 7.80. The molecule has 0 radical (unpaired) electrons. The highest BCUT2D eigenvalue weighted by Crippen LogP contribution is 2.16. The van der Waals surface area contributed by atoms with E-state index in [1.54, 1.807) is 30.3 Å². The van der Waals surface area contributed by atoms with E-state index in [0.29, 0.717) is 22.0 Å². The maximum atomic E-state index is 12.4. The van der Waals surface area contributed by atoms with Crippen LogP contribution in [0, 0.1) is 6.92 Å². The zero-order valence-electron chi connectivity index (χ0n) is 14.0. The zero-order chi connectivity index (χ0) is 18.5. The SMILES string of the molecule is Cc1ccc(NC(=O)c2ccnc(C(=O)Nc3cccc(Cl)c3)c2)cc1. The minimum absolute atomic E-state index is 0.140. The van der Waals surface area contributed by atoms with Crippen molar-refractivity contribution in [3.05, 3.63) is 88.7 Å². The van der Waals surface area contributed by atoms with Crippen molar-refractivity contribution in [1.29, 1.82) is 0 Å². The van der Waals surface area contributed by atoms with Crippen LogP contribution in [-0.4, -0.2) is 16.8 Å². The van der Waals surface area contributed by atoms with E-state index in [4.69, 9.17) is 11.6 Å². The number of benzene rings is 2. The number of halogens is 1. The molecule has 26 heavy (non-hydrogen) atoms. The van der Waals surface area contributed by atoms with Gasteiger partial charge in [0, 0.05) is 28.2 Å². The summed E-state index contributed by atoms with van der Waals surface area (Å²) in [6.07, 6.45) is 1.43. The fourth-order valence-corrected chi connectivity index (χ4v) is 2.49. The number of anilines is 2. The van der Waals surface area contributed by atoms with Crippen LogP contribution in [0.2, 0.25) is 5.02 Å². The Labute approximate surface area is 156 Å². The van der Waals surface area contributed by atoms with E-state index < -0.39 is 5.91 Å². The molecule has 1 heterocycles. The van der Waals surface area contributed by atoms with Crippen molar-refractivity contribution in [2.75, 3.05) is 10.6 Å². The first-order chi connectivity index (χ1) is 12.5. The third-order valence-electron chi connectivity index (χ3n) is 3.65. The maximum absolute atomic E-state index is 12.4. The molecule has 0 saturated carbocycles. The van der Waals surface area contributed by atoms with Crippen molar-refractivity contribution in [2.45, 2.75) is 6.92 Å². The Morgan fingerprint density at radius 2 is 1.62 bits per heavy atom. The molecule has 0 aliphatic rings. The second-order valence-corrected chi connectivity index (χ2v) is 6.15. The first kappa shape index (κ1) is 17.6. The van der Waals surface area contributed by atoms with Crippen molar-refractivity contribution in [3.63, 3.8) is 0 Å². The van der Waals surface area contributed by atoms with Crippen molar-refractivity contribution in [1.82, 2.24) is 4.98 Å². The molecule has 5 nitrogen and oxygen atoms in total. The number of nitrogens with zero attached hydrogens (tertiary/aromatic N) is 1. The number of aryl methyl sites for hydroxylation is 1. The Bertz CT molecular complexity index is 955. The van der Waals surface area contributed by atoms with Gasteiger partial charge in [0.2, 0.25) is 0 Å². The molecule has 0 aliphatic carbocycles. The molecule has 0 fully saturated rings. The summed E-state index contributed by atoms with van der Waals surface area (Å²) in [6, 6.07) is 17.3. The number of pyridine rings is 1. The van der Waals surface area contributed by atoms with E-state index in [-0.39, 0.29) is 11.6 Å². The van der Waals surface area contributed by atoms with Crippen LogP contribution in [0.15, 0.2) is 66.9 Å². The molecule has 2 aromatic carbocycles. The summed E-state index contributed by atoms with van der Waals surface area (Å²) in [5.41, 5.74) is 2.83. The van der Waals surface area contributed by atoms with Gasteiger partial charge in [-0.3, -0.25) is 14.6 Å². The fraction of sp³-hybridized carbons (Fsp3) is 0.0500. The van der Waals surface area contributed by atoms with Crippen LogP contribution >= 0.6 is 11.6 Å². The Kier molecular flexibility index (Phi) is 5.29. The molecule has 3 aromatic rings. The molecule has 0 spiro atoms. The third-order valence-corrected chi connectivity index (χ3v) is 3.88. The molecule has 1 aromatic heterocycles. The topological polar surface area (TPSA) is 71.1 Å². The second-order valence-electron chi connectivity index (χ2n) is 5.71. The molecule has 0 aliphatic heterocycles. The van der Waals surface area contributed by atoms with E-state index in [1.165, 1.54) is 12.3 Å². The summed E-state index contributed by atoms with van der Waals surface area (Å²) in [6.45, 7) is 1.97. The van der Waals surface area contributed by atoms with Crippen molar-refractivity contribution >= 4 is 34.8 Å². The average molecular weight is 366 g/mol. The van der Waals surface area contributed by atoms with Crippen LogP contribution in [0.1, 0.15) is 26.4 Å². The van der Waals surface area contributed by atoms with Gasteiger partial charge in [-0.15, -0.1) is 0 Å². The molecule has 6 heteroatoms. The van der Waals surface area contributed by atoms with Crippen LogP contribution in [0.3, 0.4) is 0 Å². The lowest BCUT2D eigenvalue weighted by Gasteiger charge is -2.08. The lowest BCUT2D eigenvalue weighted by Crippen LogP contribution is -2.17. The molecule has 0 unspecified atom stereocenters. The zero-order valence-corrected chi connectivity index (χ0v) is 14.7. The number of nitrogens with one attached hydrogen (secondary N) is 2. The van der Waals surface area contributed by atoms with Gasteiger partial charge in [-0.1, -0.05) is 35.4 Å². The predicted molar refractivity (Wildman–Crippen MR) is 103 cm³/mol. The molecule has 3 rings (SSSR count). The fourth-order valence-electron chi connectivity index (χ4n) is 2.30. The van der Waals surface area contributed by atoms with Crippen LogP contribution in [0.4, 0.5) is 11.4 Å². The van der Waals surface area contributed by atoms with Gasteiger partial charge >= 0.3 is 0 Å². The van der Waals surface area contributed by atoms with E-state index in [2.05, 4.69) is 15.6 Å². The Morgan fingerprint density at radius 1 is 0.885 bits per heavy atom. The van der Waals surface area contributed by atoms with Gasteiger partial charge in [0.1, 0.15) is 5.69 Å². The Morgan fingerprint density at radius 3 is 2.35 bits per heavy atom. The van der Waals surface area contributed by atoms with Crippen LogP contribution in [-0.2, 0) is 0 Å². The number of rotatable bonds is 4. The summed E-state index contributed by atoms with van der Waals surface area (Å²) in [5, 5.41) is 6.01. The van der Waals surface area contributed by atoms with Crippen molar-refractivity contribution in [2.24, 2.45) is 0 Å². The lowest BCUT2D eigenvalue weighted by atomic mass is 10.2. The molecule has 0 saturated heterocycles. The largest absolute Gasteiger partial charge is 0.322 e. The number of hydrogen-bond acceptors (Lipinski definition) is 3. The van der Waals surface area contributed by atoms with Gasteiger partial charge in [-0.05, 0) is 49.4 Å². The van der Waals surface area contributed by atoms with E-state index in [1.807, 2.05) is 31.2 Å². The molecular weight excluding hydrogens is 350 g/mol. The smallest absolute Gasteiger partial charge is 0.274 e. The van der Waals surface area contributed by atoms with Crippen LogP contribution < -0.4 is 10.6 Å². The van der Waals surface area contributed by atoms with Gasteiger partial charge in [0.05, 0.1) is 0 Å². The van der Waals surface area contributed by atoms with Crippen molar-refractivity contribution < 1.29 is 9.59 Å². The van der Waals surface area contributed by atoms with Gasteiger partial charge in [-0.25, -0.2) is 0 Å². The van der Waals surface area contributed by atoms with Gasteiger partial charge in [0.15, 0.2) is 0 Å². The highest BCUT2D eigenvalue weighted by Gasteiger charge is 2.12. The number of aromatic nitrogens is 1. The summed E-state index contributed by atoms with van der Waals surface area (Å²) in [7, 11) is 0. The molecule has 2 amide bonds. The molecule has 2 N–H and O–H groups in total. The number of carbonyl (C=O) groups is 2. The standard InChI is InChI=1S/C20H16ClN3O2/c1-13-5-7-16(8-6-13)23-19(25)14-9-10-22-18(11-14)20(26)24-17-4-2-3-15(21)12-17/h2-12H,1H3,(H,23,25)(H,24,26). The molecular formula is C20H16ClN3O2. The monoisotopic (exact) mass is 365 g/mol. The summed E-state index contributed by atoms with van der Waals surface area (Å²) in [4.78, 5) is 28.8. The third kappa shape index (κ3) is 4.46. The van der Waals surface area contributed by atoms with Gasteiger partial charge in [-0.2, -0.15) is 0 Å². The van der Waals surface area contributed by atoms with Crippen LogP contribution in [0.25, 0.3) is 0 Å². The number of carbonyl (C=O) groups excluding carboxylic acids is 2. The normalized spacial score (nSPS) is 10.2. The minimum atomic E-state index is -0.419. The quantitative estimate of drug-likeness (QED) is 0.712. The van der Waals surface area contributed by atoms with Gasteiger partial charge in [0.25, 0.3) is 11.8 Å². The molecule has 130 valence electrons. The highest BCUT2D eigenvalue weighted by molar-refractivity contribution is 6.31. The first-order valence-corrected chi connectivity index (χ1v) is 8.30. The Balaban J connectivity index is 1.73.